The number of benzene rings is 2. The minimum atomic E-state index is -0.242. The molecule has 5 heteroatoms. The fraction of sp³-hybridized carbons (Fsp3) is 0.222. The van der Waals surface area contributed by atoms with Gasteiger partial charge in [0.2, 0.25) is 5.91 Å². The van der Waals surface area contributed by atoms with Crippen LogP contribution in [-0.2, 0) is 11.2 Å². The molecule has 0 unspecified atom stereocenters. The zero-order valence-corrected chi connectivity index (χ0v) is 13.9. The number of aryl methyl sites for hydroxylation is 1. The van der Waals surface area contributed by atoms with E-state index < -0.39 is 0 Å². The van der Waals surface area contributed by atoms with E-state index in [1.807, 2.05) is 12.1 Å². The van der Waals surface area contributed by atoms with Crippen molar-refractivity contribution in [1.29, 1.82) is 0 Å². The average Bonchev–Trinajstić information content (AvgIpc) is 2.57. The van der Waals surface area contributed by atoms with E-state index in [9.17, 15) is 9.59 Å². The molecule has 0 bridgehead atoms. The first-order chi connectivity index (χ1) is 11.0. The molecule has 2 rings (SSSR count). The Morgan fingerprint density at radius 1 is 1.00 bits per heavy atom. The van der Waals surface area contributed by atoms with Gasteiger partial charge in [-0.3, -0.25) is 9.59 Å². The topological polar surface area (TPSA) is 58.2 Å². The molecule has 120 valence electrons. The first kappa shape index (κ1) is 17.0. The smallest absolute Gasteiger partial charge is 0.255 e. The van der Waals surface area contributed by atoms with Crippen LogP contribution in [0.15, 0.2) is 42.5 Å². The van der Waals surface area contributed by atoms with Crippen LogP contribution >= 0.6 is 11.6 Å². The lowest BCUT2D eigenvalue weighted by atomic mass is 10.1. The number of nitrogens with one attached hydrogen (secondary N) is 2. The highest BCUT2D eigenvalue weighted by atomic mass is 35.5. The molecule has 2 aromatic carbocycles. The van der Waals surface area contributed by atoms with Crippen molar-refractivity contribution in [1.82, 2.24) is 0 Å². The van der Waals surface area contributed by atoms with Gasteiger partial charge < -0.3 is 10.6 Å². The molecule has 0 radical (unpaired) electrons. The van der Waals surface area contributed by atoms with E-state index in [0.29, 0.717) is 28.4 Å². The van der Waals surface area contributed by atoms with Gasteiger partial charge in [0.15, 0.2) is 0 Å². The van der Waals surface area contributed by atoms with Gasteiger partial charge in [-0.25, -0.2) is 0 Å². The Hall–Kier alpha value is -2.33. The maximum atomic E-state index is 12.3. The predicted molar refractivity (Wildman–Crippen MR) is 94.1 cm³/mol. The van der Waals surface area contributed by atoms with Crippen molar-refractivity contribution < 1.29 is 9.59 Å². The number of hydrogen-bond acceptors (Lipinski definition) is 2. The molecule has 2 amide bonds. The number of anilines is 2. The molecule has 23 heavy (non-hydrogen) atoms. The molecule has 0 fully saturated rings. The summed E-state index contributed by atoms with van der Waals surface area (Å²) in [5.41, 5.74) is 2.79. The summed E-state index contributed by atoms with van der Waals surface area (Å²) in [6, 6.07) is 12.4. The molecule has 0 atom stereocenters. The SMILES string of the molecule is CCC(=O)Nc1ccc(Cl)c(NC(=O)c2ccc(CC)cc2)c1. The second kappa shape index (κ2) is 7.79. The summed E-state index contributed by atoms with van der Waals surface area (Å²) >= 11 is 6.12. The molecule has 0 heterocycles. The summed E-state index contributed by atoms with van der Waals surface area (Å²) in [6.07, 6.45) is 1.31. The van der Waals surface area contributed by atoms with Crippen LogP contribution in [0.25, 0.3) is 0 Å². The summed E-state index contributed by atoms with van der Waals surface area (Å²) in [4.78, 5) is 23.7. The maximum absolute atomic E-state index is 12.3. The maximum Gasteiger partial charge on any atom is 0.255 e. The third-order valence-corrected chi connectivity index (χ3v) is 3.77. The van der Waals surface area contributed by atoms with Crippen LogP contribution in [-0.4, -0.2) is 11.8 Å². The number of hydrogen-bond donors (Lipinski definition) is 2. The highest BCUT2D eigenvalue weighted by molar-refractivity contribution is 6.34. The van der Waals surface area contributed by atoms with Gasteiger partial charge in [0.05, 0.1) is 10.7 Å². The summed E-state index contributed by atoms with van der Waals surface area (Å²) < 4.78 is 0. The van der Waals surface area contributed by atoms with Gasteiger partial charge in [-0.2, -0.15) is 0 Å². The van der Waals surface area contributed by atoms with Gasteiger partial charge in [-0.05, 0) is 42.3 Å². The molecule has 0 aromatic heterocycles. The summed E-state index contributed by atoms with van der Waals surface area (Å²) in [7, 11) is 0. The molecule has 2 aromatic rings. The zero-order chi connectivity index (χ0) is 16.8. The van der Waals surface area contributed by atoms with Crippen molar-refractivity contribution in [3.63, 3.8) is 0 Å². The van der Waals surface area contributed by atoms with Crippen LogP contribution in [0.2, 0.25) is 5.02 Å². The van der Waals surface area contributed by atoms with Crippen LogP contribution in [0.4, 0.5) is 11.4 Å². The molecular weight excluding hydrogens is 312 g/mol. The lowest BCUT2D eigenvalue weighted by molar-refractivity contribution is -0.115. The van der Waals surface area contributed by atoms with E-state index in [4.69, 9.17) is 11.6 Å². The quantitative estimate of drug-likeness (QED) is 0.847. The average molecular weight is 331 g/mol. The number of rotatable bonds is 5. The third-order valence-electron chi connectivity index (χ3n) is 3.44. The standard InChI is InChI=1S/C18H19ClN2O2/c1-3-12-5-7-13(8-6-12)18(23)21-16-11-14(9-10-15(16)19)20-17(22)4-2/h5-11H,3-4H2,1-2H3,(H,20,22)(H,21,23). The zero-order valence-electron chi connectivity index (χ0n) is 13.2. The van der Waals surface area contributed by atoms with Crippen LogP contribution < -0.4 is 10.6 Å². The van der Waals surface area contributed by atoms with Crippen LogP contribution in [0.5, 0.6) is 0 Å². The van der Waals surface area contributed by atoms with Crippen LogP contribution in [0.3, 0.4) is 0 Å². The van der Waals surface area contributed by atoms with Crippen molar-refractivity contribution in [3.05, 3.63) is 58.6 Å². The van der Waals surface area contributed by atoms with E-state index in [2.05, 4.69) is 17.6 Å². The normalized spacial score (nSPS) is 10.2. The molecule has 0 saturated carbocycles. The van der Waals surface area contributed by atoms with E-state index in [1.54, 1.807) is 37.3 Å². The van der Waals surface area contributed by atoms with Gasteiger partial charge >= 0.3 is 0 Å². The first-order valence-electron chi connectivity index (χ1n) is 7.53. The fourth-order valence-electron chi connectivity index (χ4n) is 2.03. The third kappa shape index (κ3) is 4.57. The lowest BCUT2D eigenvalue weighted by Gasteiger charge is -2.10. The van der Waals surface area contributed by atoms with Gasteiger partial charge in [0, 0.05) is 17.7 Å². The fourth-order valence-corrected chi connectivity index (χ4v) is 2.20. The second-order valence-corrected chi connectivity index (χ2v) is 5.51. The Morgan fingerprint density at radius 2 is 1.70 bits per heavy atom. The van der Waals surface area contributed by atoms with E-state index in [-0.39, 0.29) is 11.8 Å². The molecule has 0 saturated heterocycles. The van der Waals surface area contributed by atoms with E-state index in [0.717, 1.165) is 6.42 Å². The van der Waals surface area contributed by atoms with Crippen molar-refractivity contribution >= 4 is 34.8 Å². The van der Waals surface area contributed by atoms with E-state index >= 15 is 0 Å². The molecule has 0 spiro atoms. The Balaban J connectivity index is 2.15. The molecular formula is C18H19ClN2O2. The first-order valence-corrected chi connectivity index (χ1v) is 7.91. The second-order valence-electron chi connectivity index (χ2n) is 5.10. The summed E-state index contributed by atoms with van der Waals surface area (Å²) in [5, 5.41) is 5.93. The van der Waals surface area contributed by atoms with E-state index in [1.165, 1.54) is 5.56 Å². The molecule has 4 nitrogen and oxygen atoms in total. The number of carbonyl (C=O) groups is 2. The molecule has 0 aliphatic rings. The van der Waals surface area contributed by atoms with Crippen molar-refractivity contribution in [3.8, 4) is 0 Å². The molecule has 0 aliphatic heterocycles. The van der Waals surface area contributed by atoms with Gasteiger partial charge in [-0.1, -0.05) is 37.6 Å². The van der Waals surface area contributed by atoms with Crippen LogP contribution in [0, 0.1) is 0 Å². The monoisotopic (exact) mass is 330 g/mol. The van der Waals surface area contributed by atoms with Gasteiger partial charge in [-0.15, -0.1) is 0 Å². The number of carbonyl (C=O) groups excluding carboxylic acids is 2. The Bertz CT molecular complexity index is 711. The largest absolute Gasteiger partial charge is 0.326 e. The Morgan fingerprint density at radius 3 is 2.30 bits per heavy atom. The van der Waals surface area contributed by atoms with Gasteiger partial charge in [0.1, 0.15) is 0 Å². The Labute approximate surface area is 140 Å². The molecule has 2 N–H and O–H groups in total. The highest BCUT2D eigenvalue weighted by Crippen LogP contribution is 2.26. The lowest BCUT2D eigenvalue weighted by Crippen LogP contribution is -2.13. The Kier molecular flexibility index (Phi) is 5.77. The van der Waals surface area contributed by atoms with Crippen molar-refractivity contribution in [2.75, 3.05) is 10.6 Å². The minimum Gasteiger partial charge on any atom is -0.326 e. The van der Waals surface area contributed by atoms with Crippen LogP contribution in [0.1, 0.15) is 36.2 Å². The summed E-state index contributed by atoms with van der Waals surface area (Å²) in [6.45, 7) is 3.83. The number of halogens is 1. The number of amides is 2. The van der Waals surface area contributed by atoms with Crippen molar-refractivity contribution in [2.45, 2.75) is 26.7 Å². The van der Waals surface area contributed by atoms with Crippen molar-refractivity contribution in [2.24, 2.45) is 0 Å². The highest BCUT2D eigenvalue weighted by Gasteiger charge is 2.10. The summed E-state index contributed by atoms with van der Waals surface area (Å²) in [5.74, 6) is -0.340. The molecule has 0 aliphatic carbocycles. The minimum absolute atomic E-state index is 0.0975. The predicted octanol–water partition coefficient (Wildman–Crippen LogP) is 4.50. The van der Waals surface area contributed by atoms with Gasteiger partial charge in [0.25, 0.3) is 5.91 Å².